The lowest BCUT2D eigenvalue weighted by Gasteiger charge is -2.16. The van der Waals surface area contributed by atoms with Gasteiger partial charge in [0.1, 0.15) is 5.69 Å². The number of anilines is 1. The number of aliphatic hydroxyl groups is 1. The lowest BCUT2D eigenvalue weighted by atomic mass is 10.0. The molecule has 1 saturated heterocycles. The van der Waals surface area contributed by atoms with Crippen molar-refractivity contribution in [2.75, 3.05) is 39.2 Å². The van der Waals surface area contributed by atoms with Gasteiger partial charge in [0.15, 0.2) is 0 Å². The number of halogens is 1. The smallest absolute Gasteiger partial charge is 0.274 e. The molecular weight excluding hydrogens is 622 g/mol. The number of pyridine rings is 3. The third-order valence-corrected chi connectivity index (χ3v) is 8.28. The number of methoxy groups -OCH3 is 2. The zero-order valence-electron chi connectivity index (χ0n) is 26.5. The molecule has 0 unspecified atom stereocenters. The van der Waals surface area contributed by atoms with Gasteiger partial charge in [0.2, 0.25) is 17.7 Å². The summed E-state index contributed by atoms with van der Waals surface area (Å²) in [6.07, 6.45) is 3.06. The number of hydrogen-bond acceptors (Lipinski definition) is 10. The Kier molecular flexibility index (Phi) is 11.3. The number of amides is 2. The fraction of sp³-hybridized carbons (Fsp3) is 0.324. The van der Waals surface area contributed by atoms with Crippen LogP contribution in [0.2, 0.25) is 5.02 Å². The van der Waals surface area contributed by atoms with Crippen LogP contribution >= 0.6 is 11.6 Å². The van der Waals surface area contributed by atoms with Gasteiger partial charge in [0.05, 0.1) is 37.2 Å². The minimum Gasteiger partial charge on any atom is -0.481 e. The normalized spacial score (nSPS) is 14.1. The molecular formula is C34H38ClN7O5. The Hall–Kier alpha value is -4.62. The molecule has 13 heteroatoms. The number of aliphatic hydroxyl groups excluding tert-OH is 1. The van der Waals surface area contributed by atoms with Crippen LogP contribution in [0.1, 0.15) is 40.0 Å². The van der Waals surface area contributed by atoms with Crippen LogP contribution in [0.15, 0.2) is 54.7 Å². The molecule has 1 aromatic carbocycles. The summed E-state index contributed by atoms with van der Waals surface area (Å²) < 4.78 is 11.0. The van der Waals surface area contributed by atoms with Crippen LogP contribution in [-0.2, 0) is 17.9 Å². The molecule has 1 aliphatic heterocycles. The number of nitrogens with zero attached hydrogens (tertiary/aromatic N) is 3. The molecule has 5 rings (SSSR count). The number of nitrogens with one attached hydrogen (secondary N) is 4. The summed E-state index contributed by atoms with van der Waals surface area (Å²) in [5.41, 5.74) is 5.80. The van der Waals surface area contributed by atoms with Crippen molar-refractivity contribution < 1.29 is 24.2 Å². The summed E-state index contributed by atoms with van der Waals surface area (Å²) in [6.45, 7) is 3.97. The Morgan fingerprint density at radius 1 is 1.00 bits per heavy atom. The van der Waals surface area contributed by atoms with Crippen LogP contribution in [-0.4, -0.2) is 71.8 Å². The maximum Gasteiger partial charge on any atom is 0.274 e. The topological polar surface area (TPSA) is 160 Å². The number of hydrogen-bond donors (Lipinski definition) is 5. The number of benzene rings is 1. The summed E-state index contributed by atoms with van der Waals surface area (Å²) in [4.78, 5) is 38.4. The molecule has 0 spiro atoms. The molecule has 4 aromatic rings. The van der Waals surface area contributed by atoms with E-state index in [1.807, 2.05) is 31.2 Å². The van der Waals surface area contributed by atoms with Gasteiger partial charge in [-0.15, -0.1) is 0 Å². The molecule has 1 aliphatic rings. The van der Waals surface area contributed by atoms with Gasteiger partial charge in [-0.3, -0.25) is 14.6 Å². The number of carbonyl (C=O) groups is 2. The third kappa shape index (κ3) is 8.03. The van der Waals surface area contributed by atoms with Gasteiger partial charge < -0.3 is 35.8 Å². The molecule has 0 bridgehead atoms. The molecule has 246 valence electrons. The first-order valence-corrected chi connectivity index (χ1v) is 15.7. The van der Waals surface area contributed by atoms with Crippen molar-refractivity contribution in [2.45, 2.75) is 38.9 Å². The maximum atomic E-state index is 13.2. The van der Waals surface area contributed by atoms with Crippen LogP contribution in [0.4, 0.5) is 5.69 Å². The molecule has 12 nitrogen and oxygen atoms in total. The Morgan fingerprint density at radius 3 is 2.47 bits per heavy atom. The van der Waals surface area contributed by atoms with Gasteiger partial charge in [-0.1, -0.05) is 29.8 Å². The van der Waals surface area contributed by atoms with Gasteiger partial charge >= 0.3 is 0 Å². The predicted octanol–water partition coefficient (Wildman–Crippen LogP) is 3.89. The lowest BCUT2D eigenvalue weighted by Crippen LogP contribution is -2.35. The fourth-order valence-corrected chi connectivity index (χ4v) is 5.70. The van der Waals surface area contributed by atoms with Crippen LogP contribution in [0.3, 0.4) is 0 Å². The number of aromatic nitrogens is 3. The van der Waals surface area contributed by atoms with Gasteiger partial charge in [-0.25, -0.2) is 9.97 Å². The highest BCUT2D eigenvalue weighted by Gasteiger charge is 2.21. The second kappa shape index (κ2) is 15.8. The van der Waals surface area contributed by atoms with Crippen LogP contribution in [0, 0.1) is 6.92 Å². The van der Waals surface area contributed by atoms with E-state index in [1.165, 1.54) is 7.11 Å². The summed E-state index contributed by atoms with van der Waals surface area (Å²) in [5.74, 6) is 0.491. The zero-order chi connectivity index (χ0) is 33.3. The van der Waals surface area contributed by atoms with Crippen LogP contribution < -0.4 is 30.7 Å². The standard InChI is InChI=1S/C34H38ClN7O5/c1-20-24(5-4-6-26(20)40-32(45)28-11-8-21(17-36-15-16-43)34(42-28)47-3)31-30(35)25(13-14-38-31)27-10-7-22(33(41-27)46-2)18-37-19-23-9-12-29(44)39-23/h4-8,10-11,13-14,23,36-37,43H,9,12,15-19H2,1-3H3,(H,39,44)(H,40,45)/t23-/m0/s1. The van der Waals surface area contributed by atoms with E-state index in [0.29, 0.717) is 72.0 Å². The minimum atomic E-state index is -0.398. The largest absolute Gasteiger partial charge is 0.481 e. The minimum absolute atomic E-state index is 0.0150. The average Bonchev–Trinajstić information content (AvgIpc) is 3.50. The summed E-state index contributed by atoms with van der Waals surface area (Å²) >= 11 is 6.98. The Bertz CT molecular complexity index is 1750. The summed E-state index contributed by atoms with van der Waals surface area (Å²) in [5, 5.41) is 21.8. The van der Waals surface area contributed by atoms with E-state index >= 15 is 0 Å². The molecule has 1 fully saturated rings. The first-order chi connectivity index (χ1) is 22.8. The quantitative estimate of drug-likeness (QED) is 0.126. The maximum absolute atomic E-state index is 13.2. The lowest BCUT2D eigenvalue weighted by molar-refractivity contribution is -0.119. The van der Waals surface area contributed by atoms with Crippen molar-refractivity contribution in [3.8, 4) is 34.3 Å². The SMILES string of the molecule is COc1nc(C(=O)Nc2cccc(-c3nccc(-c4ccc(CNC[C@@H]5CCC(=O)N5)c(OC)n4)c3Cl)c2C)ccc1CNCCO. The first-order valence-electron chi connectivity index (χ1n) is 15.3. The summed E-state index contributed by atoms with van der Waals surface area (Å²) in [7, 11) is 3.07. The number of rotatable bonds is 14. The molecule has 4 heterocycles. The Labute approximate surface area is 278 Å². The molecule has 0 radical (unpaired) electrons. The van der Waals surface area contributed by atoms with E-state index in [9.17, 15) is 9.59 Å². The van der Waals surface area contributed by atoms with E-state index in [2.05, 4.69) is 31.2 Å². The number of ether oxygens (including phenoxy) is 2. The van der Waals surface area contributed by atoms with E-state index in [0.717, 1.165) is 28.7 Å². The van der Waals surface area contributed by atoms with Crippen LogP contribution in [0.5, 0.6) is 11.8 Å². The van der Waals surface area contributed by atoms with Crippen molar-refractivity contribution in [3.05, 3.63) is 82.1 Å². The van der Waals surface area contributed by atoms with E-state index in [1.54, 1.807) is 37.6 Å². The fourth-order valence-electron chi connectivity index (χ4n) is 5.39. The highest BCUT2D eigenvalue weighted by molar-refractivity contribution is 6.35. The van der Waals surface area contributed by atoms with Crippen molar-refractivity contribution in [2.24, 2.45) is 0 Å². The van der Waals surface area contributed by atoms with E-state index < -0.39 is 5.91 Å². The predicted molar refractivity (Wildman–Crippen MR) is 180 cm³/mol. The monoisotopic (exact) mass is 659 g/mol. The molecule has 1 atom stereocenters. The first kappa shape index (κ1) is 33.7. The van der Waals surface area contributed by atoms with Gasteiger partial charge in [-0.05, 0) is 49.2 Å². The van der Waals surface area contributed by atoms with Gasteiger partial charge in [-0.2, -0.15) is 0 Å². The van der Waals surface area contributed by atoms with E-state index in [4.69, 9.17) is 31.2 Å². The number of carbonyl (C=O) groups excluding carboxylic acids is 2. The second-order valence-corrected chi connectivity index (χ2v) is 11.4. The van der Waals surface area contributed by atoms with Gasteiger partial charge in [0.25, 0.3) is 5.91 Å². The molecule has 5 N–H and O–H groups in total. The highest BCUT2D eigenvalue weighted by Crippen LogP contribution is 2.38. The van der Waals surface area contributed by atoms with Gasteiger partial charge in [0, 0.05) is 72.8 Å². The Morgan fingerprint density at radius 2 is 1.74 bits per heavy atom. The Balaban J connectivity index is 1.34. The van der Waals surface area contributed by atoms with Crippen molar-refractivity contribution >= 4 is 29.1 Å². The van der Waals surface area contributed by atoms with Crippen LogP contribution in [0.25, 0.3) is 22.5 Å². The molecule has 3 aromatic heterocycles. The van der Waals surface area contributed by atoms with E-state index in [-0.39, 0.29) is 24.2 Å². The van der Waals surface area contributed by atoms with Crippen molar-refractivity contribution in [1.82, 2.24) is 30.9 Å². The third-order valence-electron chi connectivity index (χ3n) is 7.89. The molecule has 0 aliphatic carbocycles. The van der Waals surface area contributed by atoms with Crippen molar-refractivity contribution in [1.29, 1.82) is 0 Å². The summed E-state index contributed by atoms with van der Waals surface area (Å²) in [6, 6.07) is 14.7. The molecule has 2 amide bonds. The molecule has 0 saturated carbocycles. The van der Waals surface area contributed by atoms with Crippen molar-refractivity contribution in [3.63, 3.8) is 0 Å². The zero-order valence-corrected chi connectivity index (χ0v) is 27.3. The average molecular weight is 660 g/mol. The second-order valence-electron chi connectivity index (χ2n) is 11.0. The molecule has 47 heavy (non-hydrogen) atoms. The highest BCUT2D eigenvalue weighted by atomic mass is 35.5.